The molecule has 0 aromatic carbocycles. The normalized spacial score (nSPS) is 20.3. The zero-order valence-electron chi connectivity index (χ0n) is 11.2. The molecule has 1 aliphatic rings. The molecule has 2 rings (SSSR count). The van der Waals surface area contributed by atoms with Gasteiger partial charge in [-0.2, -0.15) is 13.2 Å². The molecule has 0 saturated carbocycles. The van der Waals surface area contributed by atoms with E-state index in [4.69, 9.17) is 9.57 Å². The van der Waals surface area contributed by atoms with Crippen LogP contribution in [0.4, 0.5) is 13.2 Å². The Labute approximate surface area is 122 Å². The van der Waals surface area contributed by atoms with Gasteiger partial charge in [-0.25, -0.2) is 4.79 Å². The second kappa shape index (κ2) is 6.56. The van der Waals surface area contributed by atoms with Crippen LogP contribution in [-0.2, 0) is 15.8 Å². The van der Waals surface area contributed by atoms with Crippen molar-refractivity contribution >= 4 is 17.3 Å². The van der Waals surface area contributed by atoms with Crippen molar-refractivity contribution in [2.45, 2.75) is 38.4 Å². The number of rotatable bonds is 4. The van der Waals surface area contributed by atoms with Crippen LogP contribution in [0.15, 0.2) is 0 Å². The molecule has 1 unspecified atom stereocenters. The summed E-state index contributed by atoms with van der Waals surface area (Å²) in [6, 6.07) is 0.126. The van der Waals surface area contributed by atoms with Crippen molar-refractivity contribution in [3.8, 4) is 5.19 Å². The fourth-order valence-corrected chi connectivity index (χ4v) is 2.43. The molecule has 0 radical (unpaired) electrons. The van der Waals surface area contributed by atoms with E-state index in [1.807, 2.05) is 6.92 Å². The quantitative estimate of drug-likeness (QED) is 0.846. The highest BCUT2D eigenvalue weighted by atomic mass is 32.1. The molecule has 1 aromatic heterocycles. The molecule has 0 spiro atoms. The number of halogens is 3. The van der Waals surface area contributed by atoms with Gasteiger partial charge < -0.3 is 9.57 Å². The number of carbonyl (C=O) groups is 1. The van der Waals surface area contributed by atoms with E-state index in [0.717, 1.165) is 19.3 Å². The largest absolute Gasteiger partial charge is 0.457 e. The Morgan fingerprint density at radius 2 is 2.19 bits per heavy atom. The number of nitrogens with zero attached hydrogens (tertiary/aromatic N) is 3. The number of aromatic nitrogens is 2. The van der Waals surface area contributed by atoms with Gasteiger partial charge in [-0.15, -0.1) is 10.2 Å². The van der Waals surface area contributed by atoms with Crippen molar-refractivity contribution in [3.63, 3.8) is 0 Å². The van der Waals surface area contributed by atoms with Crippen LogP contribution in [0.3, 0.4) is 0 Å². The minimum Gasteiger partial charge on any atom is -0.457 e. The van der Waals surface area contributed by atoms with Crippen molar-refractivity contribution in [2.24, 2.45) is 0 Å². The summed E-state index contributed by atoms with van der Waals surface area (Å²) in [5.74, 6) is -0.674. The molecule has 1 atom stereocenters. The van der Waals surface area contributed by atoms with Gasteiger partial charge in [0.2, 0.25) is 5.01 Å². The minimum atomic E-state index is -4.57. The van der Waals surface area contributed by atoms with Gasteiger partial charge in [0.05, 0.1) is 0 Å². The number of hydrogen-bond acceptors (Lipinski definition) is 7. The smallest absolute Gasteiger partial charge is 0.445 e. The SMILES string of the molecule is CC1CCCCN1OC(=O)COc1nnc(C(F)(F)F)s1. The summed E-state index contributed by atoms with van der Waals surface area (Å²) in [4.78, 5) is 16.7. The van der Waals surface area contributed by atoms with E-state index in [1.54, 1.807) is 5.06 Å². The number of carbonyl (C=O) groups excluding carboxylic acids is 1. The lowest BCUT2D eigenvalue weighted by atomic mass is 10.1. The third kappa shape index (κ3) is 4.53. The summed E-state index contributed by atoms with van der Waals surface area (Å²) in [5, 5.41) is 6.31. The van der Waals surface area contributed by atoms with E-state index in [2.05, 4.69) is 10.2 Å². The van der Waals surface area contributed by atoms with Gasteiger partial charge in [0, 0.05) is 12.6 Å². The number of hydroxylamine groups is 2. The van der Waals surface area contributed by atoms with Crippen LogP contribution in [0, 0.1) is 0 Å². The molecule has 1 saturated heterocycles. The van der Waals surface area contributed by atoms with Crippen molar-refractivity contribution < 1.29 is 27.5 Å². The van der Waals surface area contributed by atoms with Gasteiger partial charge in [0.15, 0.2) is 6.61 Å². The number of alkyl halides is 3. The number of piperidine rings is 1. The highest BCUT2D eigenvalue weighted by Gasteiger charge is 2.36. The molecule has 0 amide bonds. The van der Waals surface area contributed by atoms with E-state index < -0.39 is 23.8 Å². The van der Waals surface area contributed by atoms with E-state index in [0.29, 0.717) is 6.54 Å². The van der Waals surface area contributed by atoms with Crippen LogP contribution in [0.2, 0.25) is 0 Å². The zero-order valence-corrected chi connectivity index (χ0v) is 12.0. The van der Waals surface area contributed by atoms with Crippen molar-refractivity contribution in [3.05, 3.63) is 5.01 Å². The Morgan fingerprint density at radius 1 is 1.43 bits per heavy atom. The number of ether oxygens (including phenoxy) is 1. The highest BCUT2D eigenvalue weighted by Crippen LogP contribution is 2.33. The maximum absolute atomic E-state index is 12.3. The zero-order chi connectivity index (χ0) is 15.5. The standard InChI is InChI=1S/C11H14F3N3O3S/c1-7-4-2-3-5-17(7)20-8(18)6-19-10-16-15-9(21-10)11(12,13)14/h7H,2-6H2,1H3. The maximum atomic E-state index is 12.3. The fourth-order valence-electron chi connectivity index (χ4n) is 1.87. The first kappa shape index (κ1) is 16.0. The van der Waals surface area contributed by atoms with E-state index in [9.17, 15) is 18.0 Å². The maximum Gasteiger partial charge on any atom is 0.445 e. The summed E-state index contributed by atoms with van der Waals surface area (Å²) in [6.07, 6.45) is -1.62. The van der Waals surface area contributed by atoms with Gasteiger partial charge in [0.25, 0.3) is 5.19 Å². The third-order valence-electron chi connectivity index (χ3n) is 2.92. The molecule has 10 heteroatoms. The summed E-state index contributed by atoms with van der Waals surface area (Å²) in [7, 11) is 0. The predicted octanol–water partition coefficient (Wildman–Crippen LogP) is 2.27. The van der Waals surface area contributed by atoms with Gasteiger partial charge in [-0.3, -0.25) is 0 Å². The molecule has 1 aliphatic heterocycles. The molecular formula is C11H14F3N3O3S. The van der Waals surface area contributed by atoms with E-state index in [1.165, 1.54) is 0 Å². The fraction of sp³-hybridized carbons (Fsp3) is 0.727. The first-order valence-electron chi connectivity index (χ1n) is 6.37. The van der Waals surface area contributed by atoms with Crippen LogP contribution >= 0.6 is 11.3 Å². The molecular weight excluding hydrogens is 311 g/mol. The number of hydrogen-bond donors (Lipinski definition) is 0. The van der Waals surface area contributed by atoms with Crippen LogP contribution in [0.5, 0.6) is 5.19 Å². The second-order valence-electron chi connectivity index (χ2n) is 4.61. The molecule has 1 aromatic rings. The van der Waals surface area contributed by atoms with E-state index >= 15 is 0 Å². The molecule has 118 valence electrons. The molecule has 2 heterocycles. The van der Waals surface area contributed by atoms with Gasteiger partial charge in [-0.05, 0) is 19.8 Å². The van der Waals surface area contributed by atoms with Gasteiger partial charge >= 0.3 is 12.1 Å². The van der Waals surface area contributed by atoms with Crippen molar-refractivity contribution in [1.29, 1.82) is 0 Å². The van der Waals surface area contributed by atoms with Crippen LogP contribution in [0.25, 0.3) is 0 Å². The summed E-state index contributed by atoms with van der Waals surface area (Å²) < 4.78 is 41.8. The average Bonchev–Trinajstić information content (AvgIpc) is 2.88. The Hall–Kier alpha value is -1.42. The first-order chi connectivity index (χ1) is 9.86. The molecule has 6 nitrogen and oxygen atoms in total. The highest BCUT2D eigenvalue weighted by molar-refractivity contribution is 7.13. The summed E-state index contributed by atoms with van der Waals surface area (Å²) in [6.45, 7) is 2.08. The van der Waals surface area contributed by atoms with Crippen molar-refractivity contribution in [2.75, 3.05) is 13.2 Å². The first-order valence-corrected chi connectivity index (χ1v) is 7.19. The minimum absolute atomic E-state index is 0.126. The van der Waals surface area contributed by atoms with Crippen LogP contribution in [-0.4, -0.2) is 40.4 Å². The van der Waals surface area contributed by atoms with E-state index in [-0.39, 0.29) is 22.6 Å². The lowest BCUT2D eigenvalue weighted by Gasteiger charge is -2.31. The molecule has 0 N–H and O–H groups in total. The van der Waals surface area contributed by atoms with Crippen molar-refractivity contribution in [1.82, 2.24) is 15.3 Å². The Kier molecular flexibility index (Phi) is 4.99. The van der Waals surface area contributed by atoms with Gasteiger partial charge in [0.1, 0.15) is 0 Å². The Morgan fingerprint density at radius 3 is 2.81 bits per heavy atom. The van der Waals surface area contributed by atoms with Crippen LogP contribution < -0.4 is 4.74 Å². The Bertz CT molecular complexity index is 495. The second-order valence-corrected chi connectivity index (χ2v) is 5.55. The van der Waals surface area contributed by atoms with Crippen LogP contribution in [0.1, 0.15) is 31.2 Å². The third-order valence-corrected chi connectivity index (χ3v) is 3.80. The lowest BCUT2D eigenvalue weighted by molar-refractivity contribution is -0.208. The summed E-state index contributed by atoms with van der Waals surface area (Å²) in [5.41, 5.74) is 0. The lowest BCUT2D eigenvalue weighted by Crippen LogP contribution is -2.40. The molecule has 1 fully saturated rings. The monoisotopic (exact) mass is 325 g/mol. The molecule has 0 bridgehead atoms. The predicted molar refractivity (Wildman–Crippen MR) is 66.5 cm³/mol. The topological polar surface area (TPSA) is 64.5 Å². The van der Waals surface area contributed by atoms with Gasteiger partial charge in [-0.1, -0.05) is 22.9 Å². The average molecular weight is 325 g/mol. The Balaban J connectivity index is 1.80. The molecule has 21 heavy (non-hydrogen) atoms. The molecule has 0 aliphatic carbocycles. The summed E-state index contributed by atoms with van der Waals surface area (Å²) >= 11 is 0.238.